The van der Waals surface area contributed by atoms with E-state index in [1.54, 1.807) is 7.11 Å². The highest BCUT2D eigenvalue weighted by Crippen LogP contribution is 2.32. The molecule has 3 nitrogen and oxygen atoms in total. The first kappa shape index (κ1) is 12.0. The molecule has 0 aliphatic heterocycles. The lowest BCUT2D eigenvalue weighted by molar-refractivity contribution is 0.418. The molecule has 3 heteroatoms. The minimum atomic E-state index is 0.172. The SMILES string of the molecule is COc1ccc(C)c2c(CC(C)N)cn(C)c12. The number of hydrogen-bond acceptors (Lipinski definition) is 2. The van der Waals surface area contributed by atoms with Crippen LogP contribution in [0.5, 0.6) is 5.75 Å². The van der Waals surface area contributed by atoms with Crippen molar-refractivity contribution in [3.8, 4) is 5.75 Å². The molecular formula is C14H20N2O. The lowest BCUT2D eigenvalue weighted by Crippen LogP contribution is -2.17. The van der Waals surface area contributed by atoms with Crippen LogP contribution in [-0.4, -0.2) is 17.7 Å². The summed E-state index contributed by atoms with van der Waals surface area (Å²) in [6.07, 6.45) is 3.05. The summed E-state index contributed by atoms with van der Waals surface area (Å²) in [7, 11) is 3.76. The van der Waals surface area contributed by atoms with Gasteiger partial charge in [-0.25, -0.2) is 0 Å². The van der Waals surface area contributed by atoms with Gasteiger partial charge in [0.15, 0.2) is 0 Å². The molecule has 0 aliphatic rings. The Balaban J connectivity index is 2.72. The zero-order chi connectivity index (χ0) is 12.6. The number of methoxy groups -OCH3 is 1. The Kier molecular flexibility index (Phi) is 3.11. The highest BCUT2D eigenvalue weighted by molar-refractivity contribution is 5.92. The fraction of sp³-hybridized carbons (Fsp3) is 0.429. The Morgan fingerprint density at radius 3 is 2.71 bits per heavy atom. The first-order valence-corrected chi connectivity index (χ1v) is 5.91. The Morgan fingerprint density at radius 2 is 2.12 bits per heavy atom. The standard InChI is InChI=1S/C14H20N2O/c1-9-5-6-12(17-4)14-13(9)11(7-10(2)15)8-16(14)3/h5-6,8,10H,7,15H2,1-4H3. The number of aryl methyl sites for hydroxylation is 2. The van der Waals surface area contributed by atoms with Gasteiger partial charge in [0.05, 0.1) is 12.6 Å². The molecule has 1 heterocycles. The van der Waals surface area contributed by atoms with E-state index in [0.29, 0.717) is 0 Å². The number of ether oxygens (including phenoxy) is 1. The zero-order valence-electron chi connectivity index (χ0n) is 10.9. The summed E-state index contributed by atoms with van der Waals surface area (Å²) in [4.78, 5) is 0. The number of aromatic nitrogens is 1. The molecule has 1 unspecified atom stereocenters. The molecule has 2 N–H and O–H groups in total. The van der Waals surface area contributed by atoms with Gasteiger partial charge in [-0.15, -0.1) is 0 Å². The first-order valence-electron chi connectivity index (χ1n) is 5.91. The van der Waals surface area contributed by atoms with Crippen LogP contribution in [0.15, 0.2) is 18.3 Å². The minimum absolute atomic E-state index is 0.172. The average Bonchev–Trinajstić information content (AvgIpc) is 2.57. The molecule has 2 rings (SSSR count). The number of benzene rings is 1. The van der Waals surface area contributed by atoms with Crippen LogP contribution in [0.3, 0.4) is 0 Å². The molecule has 0 aliphatic carbocycles. The van der Waals surface area contributed by atoms with Gasteiger partial charge in [0.25, 0.3) is 0 Å². The molecule has 92 valence electrons. The second kappa shape index (κ2) is 4.41. The van der Waals surface area contributed by atoms with Crippen molar-refractivity contribution in [3.05, 3.63) is 29.5 Å². The van der Waals surface area contributed by atoms with E-state index in [-0.39, 0.29) is 6.04 Å². The predicted molar refractivity (Wildman–Crippen MR) is 71.6 cm³/mol. The number of fused-ring (bicyclic) bond motifs is 1. The van der Waals surface area contributed by atoms with Crippen molar-refractivity contribution >= 4 is 10.9 Å². The van der Waals surface area contributed by atoms with Crippen LogP contribution in [0.25, 0.3) is 10.9 Å². The van der Waals surface area contributed by atoms with Gasteiger partial charge in [-0.2, -0.15) is 0 Å². The van der Waals surface area contributed by atoms with Crippen LogP contribution in [0.2, 0.25) is 0 Å². The third-order valence-corrected chi connectivity index (χ3v) is 3.13. The lowest BCUT2D eigenvalue weighted by atomic mass is 10.0. The molecule has 1 aromatic heterocycles. The first-order chi connectivity index (χ1) is 8.04. The second-order valence-electron chi connectivity index (χ2n) is 4.75. The summed E-state index contributed by atoms with van der Waals surface area (Å²) < 4.78 is 7.55. The molecule has 2 aromatic rings. The van der Waals surface area contributed by atoms with E-state index in [0.717, 1.165) is 17.7 Å². The molecule has 0 saturated carbocycles. The van der Waals surface area contributed by atoms with Crippen LogP contribution >= 0.6 is 0 Å². The smallest absolute Gasteiger partial charge is 0.143 e. The normalized spacial score (nSPS) is 13.0. The number of nitrogens with two attached hydrogens (primary N) is 1. The fourth-order valence-electron chi connectivity index (χ4n) is 2.46. The molecular weight excluding hydrogens is 212 g/mol. The maximum atomic E-state index is 5.90. The van der Waals surface area contributed by atoms with E-state index in [2.05, 4.69) is 30.8 Å². The minimum Gasteiger partial charge on any atom is -0.495 e. The topological polar surface area (TPSA) is 40.2 Å². The molecule has 17 heavy (non-hydrogen) atoms. The van der Waals surface area contributed by atoms with Gasteiger partial charge in [0, 0.05) is 24.7 Å². The predicted octanol–water partition coefficient (Wildman–Crippen LogP) is 2.39. The van der Waals surface area contributed by atoms with Gasteiger partial charge >= 0.3 is 0 Å². The van der Waals surface area contributed by atoms with Gasteiger partial charge in [-0.3, -0.25) is 0 Å². The Bertz CT molecular complexity index is 541. The lowest BCUT2D eigenvalue weighted by Gasteiger charge is -2.08. The molecule has 0 saturated heterocycles. The molecule has 0 amide bonds. The van der Waals surface area contributed by atoms with Gasteiger partial charge in [0.2, 0.25) is 0 Å². The Morgan fingerprint density at radius 1 is 1.41 bits per heavy atom. The fourth-order valence-corrected chi connectivity index (χ4v) is 2.46. The number of hydrogen-bond donors (Lipinski definition) is 1. The van der Waals surface area contributed by atoms with Crippen molar-refractivity contribution in [3.63, 3.8) is 0 Å². The summed E-state index contributed by atoms with van der Waals surface area (Å²) in [6, 6.07) is 4.30. The zero-order valence-corrected chi connectivity index (χ0v) is 10.9. The third kappa shape index (κ3) is 2.03. The maximum absolute atomic E-state index is 5.90. The molecule has 0 fully saturated rings. The summed E-state index contributed by atoms with van der Waals surface area (Å²) in [5, 5.41) is 1.28. The van der Waals surface area contributed by atoms with E-state index >= 15 is 0 Å². The summed E-state index contributed by atoms with van der Waals surface area (Å²) in [5.74, 6) is 0.920. The monoisotopic (exact) mass is 232 g/mol. The van der Waals surface area contributed by atoms with Gasteiger partial charge in [0.1, 0.15) is 5.75 Å². The van der Waals surface area contributed by atoms with Crippen LogP contribution in [0, 0.1) is 6.92 Å². The molecule has 0 radical (unpaired) electrons. The molecule has 0 spiro atoms. The van der Waals surface area contributed by atoms with E-state index in [4.69, 9.17) is 10.5 Å². The van der Waals surface area contributed by atoms with Crippen molar-refractivity contribution in [2.45, 2.75) is 26.3 Å². The van der Waals surface area contributed by atoms with E-state index in [1.807, 2.05) is 13.0 Å². The van der Waals surface area contributed by atoms with Gasteiger partial charge < -0.3 is 15.0 Å². The number of rotatable bonds is 3. The Hall–Kier alpha value is -1.48. The molecule has 1 atom stereocenters. The third-order valence-electron chi connectivity index (χ3n) is 3.13. The highest BCUT2D eigenvalue weighted by Gasteiger charge is 2.14. The van der Waals surface area contributed by atoms with Crippen LogP contribution in [0.4, 0.5) is 0 Å². The average molecular weight is 232 g/mol. The van der Waals surface area contributed by atoms with Crippen molar-refractivity contribution < 1.29 is 4.74 Å². The van der Waals surface area contributed by atoms with Crippen molar-refractivity contribution in [2.24, 2.45) is 12.8 Å². The van der Waals surface area contributed by atoms with E-state index in [9.17, 15) is 0 Å². The highest BCUT2D eigenvalue weighted by atomic mass is 16.5. The van der Waals surface area contributed by atoms with Crippen LogP contribution in [0.1, 0.15) is 18.1 Å². The van der Waals surface area contributed by atoms with E-state index in [1.165, 1.54) is 16.5 Å². The van der Waals surface area contributed by atoms with Crippen molar-refractivity contribution in [1.82, 2.24) is 4.57 Å². The Labute approximate surface area is 102 Å². The summed E-state index contributed by atoms with van der Waals surface area (Å²) in [5.41, 5.74) is 9.64. The second-order valence-corrected chi connectivity index (χ2v) is 4.75. The quantitative estimate of drug-likeness (QED) is 0.882. The van der Waals surface area contributed by atoms with Crippen molar-refractivity contribution in [1.29, 1.82) is 0 Å². The van der Waals surface area contributed by atoms with Crippen LogP contribution in [-0.2, 0) is 13.5 Å². The van der Waals surface area contributed by atoms with E-state index < -0.39 is 0 Å². The molecule has 1 aromatic carbocycles. The molecule has 0 bridgehead atoms. The summed E-state index contributed by atoms with van der Waals surface area (Å²) in [6.45, 7) is 4.17. The largest absolute Gasteiger partial charge is 0.495 e. The maximum Gasteiger partial charge on any atom is 0.143 e. The van der Waals surface area contributed by atoms with Crippen LogP contribution < -0.4 is 10.5 Å². The van der Waals surface area contributed by atoms with Gasteiger partial charge in [-0.05, 0) is 37.5 Å². The van der Waals surface area contributed by atoms with Crippen molar-refractivity contribution in [2.75, 3.05) is 7.11 Å². The summed E-state index contributed by atoms with van der Waals surface area (Å²) >= 11 is 0. The van der Waals surface area contributed by atoms with Gasteiger partial charge in [-0.1, -0.05) is 6.07 Å². The number of nitrogens with zero attached hydrogens (tertiary/aromatic N) is 1.